The summed E-state index contributed by atoms with van der Waals surface area (Å²) in [6.45, 7) is 1.11. The first-order chi connectivity index (χ1) is 11.4. The van der Waals surface area contributed by atoms with Crippen LogP contribution in [0.2, 0.25) is 0 Å². The van der Waals surface area contributed by atoms with Gasteiger partial charge in [0.2, 0.25) is 5.91 Å². The summed E-state index contributed by atoms with van der Waals surface area (Å²) in [5, 5.41) is 9.10. The van der Waals surface area contributed by atoms with Crippen LogP contribution in [0.1, 0.15) is 25.5 Å². The van der Waals surface area contributed by atoms with Crippen molar-refractivity contribution in [1.29, 1.82) is 5.26 Å². The Labute approximate surface area is 137 Å². The zero-order valence-corrected chi connectivity index (χ0v) is 13.3. The Morgan fingerprint density at radius 1 is 1.46 bits per heavy atom. The standard InChI is InChI=1S/C15H18F3N5O/c1-2-22(10-15(16,17)18)14(24)11-4-3-7-23(9-11)13-12(8-19)20-5-6-21-13/h5-6,11H,2-4,7,9-10H2,1H3/t11-/m0/s1. The highest BCUT2D eigenvalue weighted by Gasteiger charge is 2.36. The zero-order chi connectivity index (χ0) is 17.7. The van der Waals surface area contributed by atoms with E-state index in [1.807, 2.05) is 6.07 Å². The summed E-state index contributed by atoms with van der Waals surface area (Å²) >= 11 is 0. The van der Waals surface area contributed by atoms with Gasteiger partial charge in [0, 0.05) is 32.0 Å². The fraction of sp³-hybridized carbons (Fsp3) is 0.600. The molecule has 0 N–H and O–H groups in total. The number of rotatable bonds is 4. The highest BCUT2D eigenvalue weighted by atomic mass is 19.4. The number of nitrogens with zero attached hydrogens (tertiary/aromatic N) is 5. The molecule has 130 valence electrons. The average Bonchev–Trinajstić information content (AvgIpc) is 2.58. The van der Waals surface area contributed by atoms with Crippen molar-refractivity contribution in [3.8, 4) is 6.07 Å². The molecule has 0 aliphatic carbocycles. The molecule has 6 nitrogen and oxygen atoms in total. The van der Waals surface area contributed by atoms with E-state index in [2.05, 4.69) is 9.97 Å². The smallest absolute Gasteiger partial charge is 0.353 e. The van der Waals surface area contributed by atoms with Crippen LogP contribution in [0, 0.1) is 17.2 Å². The monoisotopic (exact) mass is 341 g/mol. The van der Waals surface area contributed by atoms with Crippen molar-refractivity contribution < 1.29 is 18.0 Å². The number of carbonyl (C=O) groups excluding carboxylic acids is 1. The highest BCUT2D eigenvalue weighted by molar-refractivity contribution is 5.80. The zero-order valence-electron chi connectivity index (χ0n) is 13.3. The Balaban J connectivity index is 2.12. The van der Waals surface area contributed by atoms with Gasteiger partial charge in [-0.2, -0.15) is 18.4 Å². The van der Waals surface area contributed by atoms with E-state index >= 15 is 0 Å². The minimum absolute atomic E-state index is 0.00340. The number of hydrogen-bond donors (Lipinski definition) is 0. The molecule has 2 rings (SSSR count). The quantitative estimate of drug-likeness (QED) is 0.837. The van der Waals surface area contributed by atoms with Crippen LogP contribution in [0.3, 0.4) is 0 Å². The van der Waals surface area contributed by atoms with Crippen molar-refractivity contribution >= 4 is 11.7 Å². The van der Waals surface area contributed by atoms with Crippen molar-refractivity contribution in [2.75, 3.05) is 31.1 Å². The molecular weight excluding hydrogens is 323 g/mol. The van der Waals surface area contributed by atoms with Gasteiger partial charge in [-0.15, -0.1) is 0 Å². The Bertz CT molecular complexity index is 628. The molecule has 1 saturated heterocycles. The first kappa shape index (κ1) is 18.0. The summed E-state index contributed by atoms with van der Waals surface area (Å²) in [5.41, 5.74) is 0.147. The van der Waals surface area contributed by atoms with Crippen molar-refractivity contribution in [3.63, 3.8) is 0 Å². The predicted octanol–water partition coefficient (Wildman–Crippen LogP) is 1.98. The number of halogens is 3. The third-order valence-corrected chi connectivity index (χ3v) is 3.92. The molecule has 1 aromatic rings. The third kappa shape index (κ3) is 4.34. The van der Waals surface area contributed by atoms with Gasteiger partial charge in [0.15, 0.2) is 11.5 Å². The molecule has 0 unspecified atom stereocenters. The predicted molar refractivity (Wildman–Crippen MR) is 80.0 cm³/mol. The number of carbonyl (C=O) groups is 1. The van der Waals surface area contributed by atoms with E-state index < -0.39 is 24.5 Å². The van der Waals surface area contributed by atoms with Crippen LogP contribution in [0.15, 0.2) is 12.4 Å². The number of amides is 1. The van der Waals surface area contributed by atoms with Crippen LogP contribution in [-0.4, -0.2) is 53.1 Å². The molecule has 2 heterocycles. The number of hydrogen-bond acceptors (Lipinski definition) is 5. The van der Waals surface area contributed by atoms with Crippen molar-refractivity contribution in [2.45, 2.75) is 25.9 Å². The third-order valence-electron chi connectivity index (χ3n) is 3.92. The molecule has 1 aliphatic heterocycles. The molecule has 1 aliphatic rings. The number of anilines is 1. The van der Waals surface area contributed by atoms with Gasteiger partial charge in [0.25, 0.3) is 0 Å². The van der Waals surface area contributed by atoms with E-state index in [0.717, 1.165) is 4.90 Å². The lowest BCUT2D eigenvalue weighted by atomic mass is 9.96. The first-order valence-corrected chi connectivity index (χ1v) is 7.67. The van der Waals surface area contributed by atoms with Gasteiger partial charge in [-0.3, -0.25) is 4.79 Å². The number of nitriles is 1. The fourth-order valence-electron chi connectivity index (χ4n) is 2.83. The van der Waals surface area contributed by atoms with Crippen LogP contribution in [0.5, 0.6) is 0 Å². The summed E-state index contributed by atoms with van der Waals surface area (Å²) in [6, 6.07) is 1.94. The maximum absolute atomic E-state index is 12.6. The van der Waals surface area contributed by atoms with E-state index in [9.17, 15) is 18.0 Å². The van der Waals surface area contributed by atoms with Gasteiger partial charge in [-0.25, -0.2) is 9.97 Å². The molecule has 0 aromatic carbocycles. The lowest BCUT2D eigenvalue weighted by molar-refractivity contribution is -0.163. The van der Waals surface area contributed by atoms with Crippen LogP contribution in [0.25, 0.3) is 0 Å². The molecular formula is C15H18F3N5O. The Morgan fingerprint density at radius 3 is 2.79 bits per heavy atom. The largest absolute Gasteiger partial charge is 0.406 e. The van der Waals surface area contributed by atoms with Gasteiger partial charge in [-0.1, -0.05) is 0 Å². The Morgan fingerprint density at radius 2 is 2.17 bits per heavy atom. The summed E-state index contributed by atoms with van der Waals surface area (Å²) in [4.78, 5) is 23.1. The molecule has 9 heteroatoms. The maximum Gasteiger partial charge on any atom is 0.406 e. The summed E-state index contributed by atoms with van der Waals surface area (Å²) in [7, 11) is 0. The number of piperidine rings is 1. The van der Waals surface area contributed by atoms with Crippen LogP contribution in [0.4, 0.5) is 19.0 Å². The molecule has 0 spiro atoms. The second-order valence-electron chi connectivity index (χ2n) is 5.59. The molecule has 1 amide bonds. The van der Waals surface area contributed by atoms with Gasteiger partial charge >= 0.3 is 6.18 Å². The molecule has 1 atom stereocenters. The lowest BCUT2D eigenvalue weighted by Gasteiger charge is -2.35. The summed E-state index contributed by atoms with van der Waals surface area (Å²) in [6.07, 6.45) is -0.410. The normalized spacial score (nSPS) is 18.1. The highest BCUT2D eigenvalue weighted by Crippen LogP contribution is 2.26. The molecule has 0 radical (unpaired) electrons. The van der Waals surface area contributed by atoms with E-state index in [1.165, 1.54) is 19.3 Å². The fourth-order valence-corrected chi connectivity index (χ4v) is 2.83. The molecule has 1 fully saturated rings. The summed E-state index contributed by atoms with van der Waals surface area (Å²) in [5.74, 6) is -0.687. The van der Waals surface area contributed by atoms with Crippen LogP contribution >= 0.6 is 0 Å². The van der Waals surface area contributed by atoms with E-state index in [0.29, 0.717) is 25.2 Å². The molecule has 0 saturated carbocycles. The number of aromatic nitrogens is 2. The van der Waals surface area contributed by atoms with Crippen LogP contribution < -0.4 is 4.90 Å². The second-order valence-corrected chi connectivity index (χ2v) is 5.59. The van der Waals surface area contributed by atoms with Crippen LogP contribution in [-0.2, 0) is 4.79 Å². The molecule has 1 aromatic heterocycles. The molecule has 0 bridgehead atoms. The molecule has 24 heavy (non-hydrogen) atoms. The van der Waals surface area contributed by atoms with Gasteiger partial charge in [-0.05, 0) is 19.8 Å². The number of alkyl halides is 3. The minimum atomic E-state index is -4.42. The Hall–Kier alpha value is -2.37. The minimum Gasteiger partial charge on any atom is -0.353 e. The second kappa shape index (κ2) is 7.47. The van der Waals surface area contributed by atoms with Gasteiger partial charge in [0.1, 0.15) is 12.6 Å². The van der Waals surface area contributed by atoms with E-state index in [1.54, 1.807) is 4.90 Å². The van der Waals surface area contributed by atoms with Crippen molar-refractivity contribution in [3.05, 3.63) is 18.1 Å². The van der Waals surface area contributed by atoms with Crippen molar-refractivity contribution in [2.24, 2.45) is 5.92 Å². The first-order valence-electron chi connectivity index (χ1n) is 7.67. The Kier molecular flexibility index (Phi) is 5.59. The summed E-state index contributed by atoms with van der Waals surface area (Å²) < 4.78 is 37.8. The average molecular weight is 341 g/mol. The van der Waals surface area contributed by atoms with E-state index in [4.69, 9.17) is 5.26 Å². The SMILES string of the molecule is CCN(CC(F)(F)F)C(=O)[C@H]1CCCN(c2nccnc2C#N)C1. The van der Waals surface area contributed by atoms with Gasteiger partial charge in [0.05, 0.1) is 5.92 Å². The topological polar surface area (TPSA) is 73.1 Å². The maximum atomic E-state index is 12.6. The van der Waals surface area contributed by atoms with E-state index in [-0.39, 0.29) is 18.8 Å². The van der Waals surface area contributed by atoms with Gasteiger partial charge < -0.3 is 9.80 Å². The lowest BCUT2D eigenvalue weighted by Crippen LogP contribution is -2.47. The van der Waals surface area contributed by atoms with Crippen molar-refractivity contribution in [1.82, 2.24) is 14.9 Å².